The van der Waals surface area contributed by atoms with Crippen molar-refractivity contribution in [1.29, 1.82) is 0 Å². The number of nitrogens with zero attached hydrogens (tertiary/aromatic N) is 2. The zero-order valence-electron chi connectivity index (χ0n) is 18.5. The maximum Gasteiger partial charge on any atom is 0.328 e. The molecule has 0 radical (unpaired) electrons. The van der Waals surface area contributed by atoms with Gasteiger partial charge >= 0.3 is 11.9 Å². The van der Waals surface area contributed by atoms with Gasteiger partial charge in [-0.3, -0.25) is 4.90 Å². The summed E-state index contributed by atoms with van der Waals surface area (Å²) in [6.07, 6.45) is 7.70. The van der Waals surface area contributed by atoms with Gasteiger partial charge in [-0.05, 0) is 56.8 Å². The number of carbonyl (C=O) groups is 2. The van der Waals surface area contributed by atoms with Crippen LogP contribution in [0.1, 0.15) is 25.0 Å². The van der Waals surface area contributed by atoms with E-state index < -0.39 is 11.9 Å². The Kier molecular flexibility index (Phi) is 9.75. The van der Waals surface area contributed by atoms with Gasteiger partial charge in [-0.25, -0.2) is 9.59 Å². The summed E-state index contributed by atoms with van der Waals surface area (Å²) in [7, 11) is 3.25. The maximum atomic E-state index is 9.55. The van der Waals surface area contributed by atoms with Gasteiger partial charge in [0, 0.05) is 24.1 Å². The molecule has 0 unspecified atom stereocenters. The lowest BCUT2D eigenvalue weighted by Gasteiger charge is -2.31. The number of hydrogen-bond donors (Lipinski definition) is 2. The number of carboxylic acid groups (broad SMARTS) is 2. The van der Waals surface area contributed by atoms with Crippen LogP contribution in [0, 0.1) is 5.92 Å². The first-order valence-electron chi connectivity index (χ1n) is 10.4. The minimum absolute atomic E-state index is 0.558. The average molecular weight is 447 g/mol. The standard InChI is InChI=1S/C19H26N2O3.C4H4O4/c1-4-11-21-12-9-14(10-13-21)5-7-16-15-6-8-17(22-2)19(23-3)18(15)24-20-16;5-3(6)1-2-4(7)8/h4,6,8,14H,1,5,7,9-13H2,2-3H3;1-2H,(H,5,6)(H,7,8)/b;2-1+. The summed E-state index contributed by atoms with van der Waals surface area (Å²) >= 11 is 0. The number of fused-ring (bicyclic) bond motifs is 1. The fourth-order valence-electron chi connectivity index (χ4n) is 3.67. The average Bonchev–Trinajstić information content (AvgIpc) is 3.20. The first-order chi connectivity index (χ1) is 15.4. The second kappa shape index (κ2) is 12.5. The van der Waals surface area contributed by atoms with E-state index >= 15 is 0 Å². The Morgan fingerprint density at radius 3 is 2.38 bits per heavy atom. The van der Waals surface area contributed by atoms with Crippen LogP contribution in [-0.4, -0.2) is 66.1 Å². The lowest BCUT2D eigenvalue weighted by Crippen LogP contribution is -2.33. The summed E-state index contributed by atoms with van der Waals surface area (Å²) < 4.78 is 16.3. The predicted molar refractivity (Wildman–Crippen MR) is 119 cm³/mol. The first kappa shape index (κ1) is 24.9. The van der Waals surface area contributed by atoms with Crippen LogP contribution >= 0.6 is 0 Å². The van der Waals surface area contributed by atoms with Crippen LogP contribution < -0.4 is 9.47 Å². The molecule has 1 saturated heterocycles. The van der Waals surface area contributed by atoms with Crippen molar-refractivity contribution in [3.63, 3.8) is 0 Å². The van der Waals surface area contributed by atoms with Crippen LogP contribution in [0.25, 0.3) is 11.0 Å². The molecule has 2 heterocycles. The van der Waals surface area contributed by atoms with Crippen LogP contribution in [0.2, 0.25) is 0 Å². The molecular weight excluding hydrogens is 416 g/mol. The third kappa shape index (κ3) is 7.12. The van der Waals surface area contributed by atoms with E-state index in [9.17, 15) is 9.59 Å². The summed E-state index contributed by atoms with van der Waals surface area (Å²) in [5.41, 5.74) is 1.69. The van der Waals surface area contributed by atoms with E-state index in [-0.39, 0.29) is 0 Å². The number of aryl methyl sites for hydroxylation is 1. The zero-order valence-corrected chi connectivity index (χ0v) is 18.5. The molecule has 0 atom stereocenters. The molecule has 2 N–H and O–H groups in total. The van der Waals surface area contributed by atoms with Gasteiger partial charge in [0.15, 0.2) is 5.75 Å². The quantitative estimate of drug-likeness (QED) is 0.441. The largest absolute Gasteiger partial charge is 0.493 e. The van der Waals surface area contributed by atoms with Gasteiger partial charge in [0.1, 0.15) is 0 Å². The molecule has 2 aromatic rings. The van der Waals surface area contributed by atoms with Crippen molar-refractivity contribution in [1.82, 2.24) is 10.1 Å². The summed E-state index contributed by atoms with van der Waals surface area (Å²) in [6, 6.07) is 3.92. The number of carboxylic acids is 2. The predicted octanol–water partition coefficient (Wildman–Crippen LogP) is 3.39. The van der Waals surface area contributed by atoms with E-state index in [1.165, 1.54) is 25.9 Å². The van der Waals surface area contributed by atoms with Gasteiger partial charge in [0.2, 0.25) is 11.3 Å². The summed E-state index contributed by atoms with van der Waals surface area (Å²) in [6.45, 7) is 7.16. The molecule has 1 aromatic heterocycles. The molecule has 1 aromatic carbocycles. The van der Waals surface area contributed by atoms with Gasteiger partial charge in [0.05, 0.1) is 19.9 Å². The van der Waals surface area contributed by atoms with Crippen molar-refractivity contribution in [2.75, 3.05) is 33.9 Å². The third-order valence-corrected chi connectivity index (χ3v) is 5.31. The summed E-state index contributed by atoms with van der Waals surface area (Å²) in [5.74, 6) is -0.466. The molecule has 3 rings (SSSR count). The zero-order chi connectivity index (χ0) is 23.5. The number of rotatable bonds is 9. The van der Waals surface area contributed by atoms with Gasteiger partial charge in [-0.15, -0.1) is 6.58 Å². The molecule has 1 fully saturated rings. The first-order valence-corrected chi connectivity index (χ1v) is 10.4. The van der Waals surface area contributed by atoms with E-state index in [0.29, 0.717) is 29.2 Å². The van der Waals surface area contributed by atoms with Crippen molar-refractivity contribution in [2.45, 2.75) is 25.7 Å². The topological polar surface area (TPSA) is 122 Å². The fourth-order valence-corrected chi connectivity index (χ4v) is 3.67. The van der Waals surface area contributed by atoms with E-state index in [4.69, 9.17) is 24.2 Å². The van der Waals surface area contributed by atoms with Crippen molar-refractivity contribution >= 4 is 22.9 Å². The summed E-state index contributed by atoms with van der Waals surface area (Å²) in [5, 5.41) is 20.9. The second-order valence-electron chi connectivity index (χ2n) is 7.39. The number of methoxy groups -OCH3 is 2. The molecule has 0 bridgehead atoms. The van der Waals surface area contributed by atoms with Crippen LogP contribution in [0.3, 0.4) is 0 Å². The molecule has 174 valence electrons. The Balaban J connectivity index is 0.000000390. The normalized spacial score (nSPS) is 14.7. The van der Waals surface area contributed by atoms with Crippen LogP contribution in [0.5, 0.6) is 11.5 Å². The molecule has 1 aliphatic rings. The highest BCUT2D eigenvalue weighted by molar-refractivity contribution is 5.89. The summed E-state index contributed by atoms with van der Waals surface area (Å²) in [4.78, 5) is 21.6. The van der Waals surface area contributed by atoms with Crippen LogP contribution in [0.4, 0.5) is 0 Å². The Morgan fingerprint density at radius 1 is 1.19 bits per heavy atom. The molecule has 9 nitrogen and oxygen atoms in total. The number of aromatic nitrogens is 1. The van der Waals surface area contributed by atoms with Gasteiger partial charge < -0.3 is 24.2 Å². The molecule has 0 amide bonds. The van der Waals surface area contributed by atoms with Crippen LogP contribution in [-0.2, 0) is 16.0 Å². The number of hydrogen-bond acceptors (Lipinski definition) is 7. The Hall–Kier alpha value is -3.33. The smallest absolute Gasteiger partial charge is 0.328 e. The van der Waals surface area contributed by atoms with Crippen molar-refractivity contribution in [3.05, 3.63) is 42.6 Å². The van der Waals surface area contributed by atoms with E-state index in [0.717, 1.165) is 36.4 Å². The minimum atomic E-state index is -1.26. The highest BCUT2D eigenvalue weighted by Gasteiger charge is 2.21. The van der Waals surface area contributed by atoms with Gasteiger partial charge in [-0.1, -0.05) is 11.2 Å². The minimum Gasteiger partial charge on any atom is -0.493 e. The molecule has 0 saturated carbocycles. The van der Waals surface area contributed by atoms with Crippen molar-refractivity contribution < 1.29 is 33.8 Å². The lowest BCUT2D eigenvalue weighted by molar-refractivity contribution is -0.134. The molecule has 1 aliphatic heterocycles. The van der Waals surface area contributed by atoms with E-state index in [1.54, 1.807) is 14.2 Å². The SMILES string of the molecule is C=CCN1CCC(CCc2noc3c(OC)c(OC)ccc23)CC1.O=C(O)/C=C/C(=O)O. The number of ether oxygens (including phenoxy) is 2. The fraction of sp³-hybridized carbons (Fsp3) is 0.435. The van der Waals surface area contributed by atoms with Crippen molar-refractivity contribution in [2.24, 2.45) is 5.92 Å². The second-order valence-corrected chi connectivity index (χ2v) is 7.39. The third-order valence-electron chi connectivity index (χ3n) is 5.31. The van der Waals surface area contributed by atoms with E-state index in [2.05, 4.69) is 16.6 Å². The Bertz CT molecular complexity index is 927. The highest BCUT2D eigenvalue weighted by atomic mass is 16.5. The van der Waals surface area contributed by atoms with Crippen LogP contribution in [0.15, 0.2) is 41.5 Å². The van der Waals surface area contributed by atoms with E-state index in [1.807, 2.05) is 18.2 Å². The Morgan fingerprint density at radius 2 is 1.84 bits per heavy atom. The molecule has 32 heavy (non-hydrogen) atoms. The number of aliphatic carboxylic acids is 2. The maximum absolute atomic E-state index is 9.55. The van der Waals surface area contributed by atoms with Crippen molar-refractivity contribution in [3.8, 4) is 11.5 Å². The molecular formula is C23H30N2O7. The molecule has 9 heteroatoms. The number of piperidine rings is 1. The van der Waals surface area contributed by atoms with Gasteiger partial charge in [0.25, 0.3) is 0 Å². The molecule has 0 aliphatic carbocycles. The Labute approximate surface area is 186 Å². The van der Waals surface area contributed by atoms with Gasteiger partial charge in [-0.2, -0.15) is 0 Å². The lowest BCUT2D eigenvalue weighted by atomic mass is 9.91. The highest BCUT2D eigenvalue weighted by Crippen LogP contribution is 2.37. The monoisotopic (exact) mass is 446 g/mol. The number of benzene rings is 1. The number of likely N-dealkylation sites (tertiary alicyclic amines) is 1. The molecule has 0 spiro atoms.